The van der Waals surface area contributed by atoms with Gasteiger partial charge in [-0.3, -0.25) is 0 Å². The molecule has 0 bridgehead atoms. The van der Waals surface area contributed by atoms with E-state index in [0.29, 0.717) is 17.6 Å². The van der Waals surface area contributed by atoms with Gasteiger partial charge in [0.05, 0.1) is 6.61 Å². The van der Waals surface area contributed by atoms with Crippen molar-refractivity contribution in [2.24, 2.45) is 5.92 Å². The first-order valence-electron chi connectivity index (χ1n) is 5.54. The van der Waals surface area contributed by atoms with Crippen LogP contribution in [-0.2, 0) is 11.2 Å². The van der Waals surface area contributed by atoms with Gasteiger partial charge in [0.2, 0.25) is 5.05 Å². The second kappa shape index (κ2) is 5.89. The van der Waals surface area contributed by atoms with E-state index in [9.17, 15) is 0 Å². The normalized spacial score (nSPS) is 10.6. The summed E-state index contributed by atoms with van der Waals surface area (Å²) in [4.78, 5) is 8.67. The highest BCUT2D eigenvalue weighted by molar-refractivity contribution is 7.80. The molecular formula is C12H18N2OS. The molecule has 0 aromatic carbocycles. The first-order valence-corrected chi connectivity index (χ1v) is 5.95. The topological polar surface area (TPSA) is 35.0 Å². The van der Waals surface area contributed by atoms with Crippen molar-refractivity contribution in [1.29, 1.82) is 0 Å². The van der Waals surface area contributed by atoms with Crippen molar-refractivity contribution in [3.05, 3.63) is 23.3 Å². The SMILES string of the molecule is CCOC(=S)c1cc(CC(C)C)nc(C)n1. The van der Waals surface area contributed by atoms with Crippen molar-refractivity contribution < 1.29 is 4.74 Å². The summed E-state index contributed by atoms with van der Waals surface area (Å²) in [6.45, 7) is 8.69. The number of nitrogens with zero attached hydrogens (tertiary/aromatic N) is 2. The lowest BCUT2D eigenvalue weighted by atomic mass is 10.1. The van der Waals surface area contributed by atoms with Gasteiger partial charge in [-0.2, -0.15) is 0 Å². The predicted octanol–water partition coefficient (Wildman–Crippen LogP) is 2.70. The zero-order valence-corrected chi connectivity index (χ0v) is 11.1. The minimum Gasteiger partial charge on any atom is -0.482 e. The van der Waals surface area contributed by atoms with Crippen LogP contribution in [0.1, 0.15) is 38.0 Å². The highest BCUT2D eigenvalue weighted by Crippen LogP contribution is 2.09. The number of ether oxygens (including phenoxy) is 1. The van der Waals surface area contributed by atoms with Gasteiger partial charge >= 0.3 is 0 Å². The van der Waals surface area contributed by atoms with Gasteiger partial charge in [-0.25, -0.2) is 9.97 Å². The Morgan fingerprint density at radius 2 is 2.12 bits per heavy atom. The molecule has 0 saturated heterocycles. The lowest BCUT2D eigenvalue weighted by Gasteiger charge is -2.09. The quantitative estimate of drug-likeness (QED) is 0.755. The smallest absolute Gasteiger partial charge is 0.210 e. The van der Waals surface area contributed by atoms with Crippen LogP contribution in [0.5, 0.6) is 0 Å². The molecule has 0 radical (unpaired) electrons. The van der Waals surface area contributed by atoms with E-state index < -0.39 is 0 Å². The molecule has 0 unspecified atom stereocenters. The maximum absolute atomic E-state index is 5.28. The van der Waals surface area contributed by atoms with Gasteiger partial charge in [0.15, 0.2) is 0 Å². The molecular weight excluding hydrogens is 220 g/mol. The lowest BCUT2D eigenvalue weighted by molar-refractivity contribution is 0.336. The number of aromatic nitrogens is 2. The number of rotatable bonds is 4. The highest BCUT2D eigenvalue weighted by Gasteiger charge is 2.08. The summed E-state index contributed by atoms with van der Waals surface area (Å²) in [5.74, 6) is 1.32. The Hall–Kier alpha value is -1.03. The summed E-state index contributed by atoms with van der Waals surface area (Å²) in [6, 6.07) is 1.92. The summed E-state index contributed by atoms with van der Waals surface area (Å²) >= 11 is 5.14. The van der Waals surface area contributed by atoms with E-state index in [1.807, 2.05) is 19.9 Å². The third kappa shape index (κ3) is 3.85. The molecule has 1 heterocycles. The minimum absolute atomic E-state index is 0.456. The van der Waals surface area contributed by atoms with Crippen LogP contribution in [-0.4, -0.2) is 21.6 Å². The Balaban J connectivity index is 2.93. The van der Waals surface area contributed by atoms with Gasteiger partial charge in [-0.1, -0.05) is 13.8 Å². The van der Waals surface area contributed by atoms with Gasteiger partial charge in [0.1, 0.15) is 11.5 Å². The molecule has 0 aliphatic heterocycles. The maximum atomic E-state index is 5.28. The van der Waals surface area contributed by atoms with E-state index in [2.05, 4.69) is 23.8 Å². The summed E-state index contributed by atoms with van der Waals surface area (Å²) < 4.78 is 5.28. The Bertz CT molecular complexity index is 377. The van der Waals surface area contributed by atoms with Gasteiger partial charge in [0, 0.05) is 5.69 Å². The summed E-state index contributed by atoms with van der Waals surface area (Å²) in [5.41, 5.74) is 1.75. The van der Waals surface area contributed by atoms with Crippen LogP contribution in [0, 0.1) is 12.8 Å². The number of hydrogen-bond acceptors (Lipinski definition) is 4. The first kappa shape index (κ1) is 13.0. The number of thiocarbonyl (C=S) groups is 1. The molecule has 1 aromatic heterocycles. The molecule has 4 heteroatoms. The second-order valence-electron chi connectivity index (χ2n) is 4.11. The van der Waals surface area contributed by atoms with E-state index >= 15 is 0 Å². The standard InChI is InChI=1S/C12H18N2OS/c1-5-15-12(16)11-7-10(6-8(2)3)13-9(4)14-11/h7-8H,5-6H2,1-4H3. The zero-order valence-electron chi connectivity index (χ0n) is 10.3. The van der Waals surface area contributed by atoms with Crippen LogP contribution < -0.4 is 0 Å². The van der Waals surface area contributed by atoms with E-state index in [1.165, 1.54) is 0 Å². The number of aryl methyl sites for hydroxylation is 1. The molecule has 3 nitrogen and oxygen atoms in total. The molecule has 0 aliphatic rings. The Labute approximate surface area is 102 Å². The van der Waals surface area contributed by atoms with Crippen molar-refractivity contribution in [2.75, 3.05) is 6.61 Å². The largest absolute Gasteiger partial charge is 0.482 e. The highest BCUT2D eigenvalue weighted by atomic mass is 32.1. The van der Waals surface area contributed by atoms with Gasteiger partial charge < -0.3 is 4.74 Å². The molecule has 0 amide bonds. The van der Waals surface area contributed by atoms with E-state index in [1.54, 1.807) is 0 Å². The van der Waals surface area contributed by atoms with Crippen molar-refractivity contribution in [2.45, 2.75) is 34.1 Å². The summed E-state index contributed by atoms with van der Waals surface area (Å²) in [6.07, 6.45) is 0.936. The molecule has 1 rings (SSSR count). The van der Waals surface area contributed by atoms with Crippen LogP contribution in [0.3, 0.4) is 0 Å². The minimum atomic E-state index is 0.456. The summed E-state index contributed by atoms with van der Waals surface area (Å²) in [5, 5.41) is 0.456. The van der Waals surface area contributed by atoms with Crippen LogP contribution in [0.15, 0.2) is 6.07 Å². The molecule has 88 valence electrons. The second-order valence-corrected chi connectivity index (χ2v) is 4.48. The third-order valence-corrected chi connectivity index (χ3v) is 2.32. The molecule has 0 saturated carbocycles. The monoisotopic (exact) mass is 238 g/mol. The van der Waals surface area contributed by atoms with E-state index in [-0.39, 0.29) is 0 Å². The average molecular weight is 238 g/mol. The Kier molecular flexibility index (Phi) is 4.80. The molecule has 1 aromatic rings. The maximum Gasteiger partial charge on any atom is 0.210 e. The predicted molar refractivity (Wildman–Crippen MR) is 68.6 cm³/mol. The van der Waals surface area contributed by atoms with Crippen molar-refractivity contribution in [3.8, 4) is 0 Å². The summed E-state index contributed by atoms with van der Waals surface area (Å²) in [7, 11) is 0. The van der Waals surface area contributed by atoms with Crippen LogP contribution >= 0.6 is 12.2 Å². The van der Waals surface area contributed by atoms with Crippen LogP contribution in [0.25, 0.3) is 0 Å². The fourth-order valence-electron chi connectivity index (χ4n) is 1.46. The Morgan fingerprint density at radius 1 is 1.44 bits per heavy atom. The molecule has 0 fully saturated rings. The zero-order chi connectivity index (χ0) is 12.1. The van der Waals surface area contributed by atoms with Crippen LogP contribution in [0.4, 0.5) is 0 Å². The van der Waals surface area contributed by atoms with E-state index in [0.717, 1.165) is 23.6 Å². The lowest BCUT2D eigenvalue weighted by Crippen LogP contribution is -2.10. The molecule has 0 N–H and O–H groups in total. The molecule has 0 spiro atoms. The fraction of sp³-hybridized carbons (Fsp3) is 0.583. The Morgan fingerprint density at radius 3 is 2.69 bits per heavy atom. The molecule has 0 atom stereocenters. The van der Waals surface area contributed by atoms with E-state index in [4.69, 9.17) is 17.0 Å². The van der Waals surface area contributed by atoms with Gasteiger partial charge in [-0.05, 0) is 44.5 Å². The van der Waals surface area contributed by atoms with Crippen molar-refractivity contribution in [3.63, 3.8) is 0 Å². The van der Waals surface area contributed by atoms with Gasteiger partial charge in [-0.15, -0.1) is 0 Å². The van der Waals surface area contributed by atoms with Crippen LogP contribution in [0.2, 0.25) is 0 Å². The molecule has 0 aliphatic carbocycles. The number of hydrogen-bond donors (Lipinski definition) is 0. The fourth-order valence-corrected chi connectivity index (χ4v) is 1.68. The van der Waals surface area contributed by atoms with Crippen molar-refractivity contribution >= 4 is 17.3 Å². The average Bonchev–Trinajstić information content (AvgIpc) is 2.15. The van der Waals surface area contributed by atoms with Gasteiger partial charge in [0.25, 0.3) is 0 Å². The third-order valence-electron chi connectivity index (χ3n) is 1.99. The molecule has 16 heavy (non-hydrogen) atoms. The first-order chi connectivity index (χ1) is 7.52. The van der Waals surface area contributed by atoms with Crippen molar-refractivity contribution in [1.82, 2.24) is 9.97 Å².